The number of carbonyl (C=O) groups excluding carboxylic acids is 4. The van der Waals surface area contributed by atoms with Gasteiger partial charge in [-0.15, -0.1) is 0 Å². The third-order valence-electron chi connectivity index (χ3n) is 3.50. The van der Waals surface area contributed by atoms with Crippen molar-refractivity contribution in [2.24, 2.45) is 5.92 Å². The Kier molecular flexibility index (Phi) is 7.76. The Labute approximate surface area is 151 Å². The van der Waals surface area contributed by atoms with Crippen molar-refractivity contribution in [1.82, 2.24) is 5.32 Å². The van der Waals surface area contributed by atoms with Crippen LogP contribution in [0.5, 0.6) is 0 Å². The summed E-state index contributed by atoms with van der Waals surface area (Å²) in [5.74, 6) is -10.6. The van der Waals surface area contributed by atoms with Crippen molar-refractivity contribution in [2.45, 2.75) is 12.5 Å². The minimum absolute atomic E-state index is 0.261. The van der Waals surface area contributed by atoms with Gasteiger partial charge in [-0.05, 0) is 0 Å². The Bertz CT molecular complexity index is 731. The van der Waals surface area contributed by atoms with Crippen LogP contribution in [0.4, 0.5) is 13.2 Å². The normalized spacial score (nSPS) is 12.5. The van der Waals surface area contributed by atoms with Gasteiger partial charge in [0.25, 0.3) is 5.91 Å². The molecule has 1 aromatic carbocycles. The van der Waals surface area contributed by atoms with E-state index in [0.717, 1.165) is 21.3 Å². The van der Waals surface area contributed by atoms with E-state index in [1.807, 2.05) is 5.32 Å². The lowest BCUT2D eigenvalue weighted by molar-refractivity contribution is -0.158. The Morgan fingerprint density at radius 1 is 0.926 bits per heavy atom. The first-order valence-electron chi connectivity index (χ1n) is 7.34. The highest BCUT2D eigenvalue weighted by Gasteiger charge is 2.39. The SMILES string of the molecule is COC(=O)C[C@H](C(=O)OC)[C@H](NC(=O)c1c(F)cc(F)cc1F)C(=O)OC. The summed E-state index contributed by atoms with van der Waals surface area (Å²) in [5.41, 5.74) is -1.19. The fourth-order valence-electron chi connectivity index (χ4n) is 2.17. The van der Waals surface area contributed by atoms with Crippen molar-refractivity contribution in [3.8, 4) is 0 Å². The monoisotopic (exact) mass is 391 g/mol. The van der Waals surface area contributed by atoms with Crippen LogP contribution in [0, 0.1) is 23.4 Å². The summed E-state index contributed by atoms with van der Waals surface area (Å²) in [6, 6.07) is -1.31. The van der Waals surface area contributed by atoms with Gasteiger partial charge in [0.15, 0.2) is 0 Å². The fourth-order valence-corrected chi connectivity index (χ4v) is 2.17. The first kappa shape index (κ1) is 21.9. The summed E-state index contributed by atoms with van der Waals surface area (Å²) >= 11 is 0. The number of nitrogens with one attached hydrogen (secondary N) is 1. The van der Waals surface area contributed by atoms with Gasteiger partial charge in [-0.25, -0.2) is 18.0 Å². The number of hydrogen-bond acceptors (Lipinski definition) is 7. The van der Waals surface area contributed by atoms with Gasteiger partial charge < -0.3 is 19.5 Å². The maximum Gasteiger partial charge on any atom is 0.329 e. The fraction of sp³-hybridized carbons (Fsp3) is 0.375. The number of rotatable bonds is 7. The molecule has 1 amide bonds. The molecular formula is C16H16F3NO7. The predicted octanol–water partition coefficient (Wildman–Crippen LogP) is 0.728. The van der Waals surface area contributed by atoms with E-state index >= 15 is 0 Å². The molecule has 2 atom stereocenters. The zero-order valence-corrected chi connectivity index (χ0v) is 14.5. The Morgan fingerprint density at radius 3 is 1.89 bits per heavy atom. The van der Waals surface area contributed by atoms with Gasteiger partial charge >= 0.3 is 17.9 Å². The first-order valence-corrected chi connectivity index (χ1v) is 7.34. The third-order valence-corrected chi connectivity index (χ3v) is 3.50. The second-order valence-electron chi connectivity index (χ2n) is 5.13. The van der Waals surface area contributed by atoms with Crippen LogP contribution in [0.2, 0.25) is 0 Å². The van der Waals surface area contributed by atoms with E-state index in [4.69, 9.17) is 0 Å². The molecule has 11 heteroatoms. The largest absolute Gasteiger partial charge is 0.469 e. The van der Waals surface area contributed by atoms with Crippen molar-refractivity contribution in [3.63, 3.8) is 0 Å². The number of ether oxygens (including phenoxy) is 3. The second-order valence-corrected chi connectivity index (χ2v) is 5.13. The van der Waals surface area contributed by atoms with E-state index in [2.05, 4.69) is 14.2 Å². The summed E-state index contributed by atoms with van der Waals surface area (Å²) in [5, 5.41) is 1.91. The smallest absolute Gasteiger partial charge is 0.329 e. The van der Waals surface area contributed by atoms with E-state index in [9.17, 15) is 32.3 Å². The zero-order chi connectivity index (χ0) is 20.7. The molecule has 0 heterocycles. The van der Waals surface area contributed by atoms with Crippen molar-refractivity contribution in [3.05, 3.63) is 35.1 Å². The van der Waals surface area contributed by atoms with E-state index in [0.29, 0.717) is 0 Å². The van der Waals surface area contributed by atoms with Crippen LogP contribution in [0.15, 0.2) is 12.1 Å². The molecule has 0 spiro atoms. The summed E-state index contributed by atoms with van der Waals surface area (Å²) < 4.78 is 53.9. The Balaban J connectivity index is 3.26. The van der Waals surface area contributed by atoms with Crippen LogP contribution >= 0.6 is 0 Å². The molecule has 0 aliphatic carbocycles. The molecule has 27 heavy (non-hydrogen) atoms. The van der Waals surface area contributed by atoms with Gasteiger partial charge in [-0.3, -0.25) is 14.4 Å². The van der Waals surface area contributed by atoms with E-state index in [1.54, 1.807) is 0 Å². The Hall–Kier alpha value is -3.11. The van der Waals surface area contributed by atoms with Crippen molar-refractivity contribution >= 4 is 23.8 Å². The predicted molar refractivity (Wildman–Crippen MR) is 81.7 cm³/mol. The molecule has 1 rings (SSSR count). The maximum absolute atomic E-state index is 13.8. The van der Waals surface area contributed by atoms with Gasteiger partial charge in [0.2, 0.25) is 0 Å². The zero-order valence-electron chi connectivity index (χ0n) is 14.5. The van der Waals surface area contributed by atoms with E-state index in [1.165, 1.54) is 0 Å². The van der Waals surface area contributed by atoms with Crippen molar-refractivity contribution < 1.29 is 46.6 Å². The van der Waals surface area contributed by atoms with Gasteiger partial charge in [0.1, 0.15) is 29.1 Å². The summed E-state index contributed by atoms with van der Waals surface area (Å²) in [6.45, 7) is 0. The minimum Gasteiger partial charge on any atom is -0.469 e. The molecule has 0 saturated heterocycles. The lowest BCUT2D eigenvalue weighted by atomic mass is 9.95. The summed E-state index contributed by atoms with van der Waals surface area (Å²) in [4.78, 5) is 47.6. The molecule has 0 aliphatic heterocycles. The number of halogens is 3. The lowest BCUT2D eigenvalue weighted by Crippen LogP contribution is -2.50. The van der Waals surface area contributed by atoms with Crippen LogP contribution in [-0.2, 0) is 28.6 Å². The number of amides is 1. The molecule has 0 unspecified atom stereocenters. The van der Waals surface area contributed by atoms with Gasteiger partial charge in [-0.1, -0.05) is 0 Å². The van der Waals surface area contributed by atoms with Crippen LogP contribution in [0.3, 0.4) is 0 Å². The molecule has 148 valence electrons. The lowest BCUT2D eigenvalue weighted by Gasteiger charge is -2.23. The first-order chi connectivity index (χ1) is 12.7. The molecule has 0 aromatic heterocycles. The van der Waals surface area contributed by atoms with Crippen LogP contribution in [-0.4, -0.2) is 51.2 Å². The molecule has 8 nitrogen and oxygen atoms in total. The van der Waals surface area contributed by atoms with Crippen LogP contribution in [0.1, 0.15) is 16.8 Å². The number of carbonyl (C=O) groups is 4. The molecule has 0 saturated carbocycles. The van der Waals surface area contributed by atoms with Gasteiger partial charge in [0.05, 0.1) is 33.7 Å². The average molecular weight is 391 g/mol. The minimum atomic E-state index is -1.84. The molecule has 0 aliphatic rings. The standard InChI is InChI=1S/C16H16F3NO7/c1-25-11(21)6-8(15(23)26-2)13(16(24)27-3)20-14(22)12-9(18)4-7(17)5-10(12)19/h4-5,8,13H,6H2,1-3H3,(H,20,22)/t8-,13-/m0/s1. The van der Waals surface area contributed by atoms with Gasteiger partial charge in [0, 0.05) is 12.1 Å². The van der Waals surface area contributed by atoms with Crippen molar-refractivity contribution in [1.29, 1.82) is 0 Å². The number of benzene rings is 1. The highest BCUT2D eigenvalue weighted by Crippen LogP contribution is 2.18. The topological polar surface area (TPSA) is 108 Å². The molecule has 0 radical (unpaired) electrons. The summed E-state index contributed by atoms with van der Waals surface area (Å²) in [7, 11) is 2.90. The number of methoxy groups -OCH3 is 3. The second kappa shape index (κ2) is 9.55. The molecule has 0 bridgehead atoms. The average Bonchev–Trinajstić information content (AvgIpc) is 2.61. The maximum atomic E-state index is 13.8. The highest BCUT2D eigenvalue weighted by molar-refractivity contribution is 5.98. The summed E-state index contributed by atoms with van der Waals surface area (Å²) in [6.07, 6.45) is -0.697. The Morgan fingerprint density at radius 2 is 1.44 bits per heavy atom. The van der Waals surface area contributed by atoms with E-state index in [-0.39, 0.29) is 12.1 Å². The third kappa shape index (κ3) is 5.43. The molecule has 0 fully saturated rings. The van der Waals surface area contributed by atoms with Crippen molar-refractivity contribution in [2.75, 3.05) is 21.3 Å². The van der Waals surface area contributed by atoms with E-state index < -0.39 is 65.2 Å². The molecule has 1 aromatic rings. The highest BCUT2D eigenvalue weighted by atomic mass is 19.1. The molecular weight excluding hydrogens is 375 g/mol. The van der Waals surface area contributed by atoms with Gasteiger partial charge in [-0.2, -0.15) is 0 Å². The number of hydrogen-bond donors (Lipinski definition) is 1. The number of esters is 3. The quantitative estimate of drug-likeness (QED) is 0.539. The van der Waals surface area contributed by atoms with Crippen LogP contribution in [0.25, 0.3) is 0 Å². The van der Waals surface area contributed by atoms with Crippen LogP contribution < -0.4 is 5.32 Å². The molecule has 1 N–H and O–H groups in total.